The van der Waals surface area contributed by atoms with Crippen LogP contribution in [0.1, 0.15) is 25.5 Å². The summed E-state index contributed by atoms with van der Waals surface area (Å²) in [6, 6.07) is 1.75. The van der Waals surface area contributed by atoms with Crippen molar-refractivity contribution in [1.82, 2.24) is 19.5 Å². The van der Waals surface area contributed by atoms with Crippen molar-refractivity contribution in [2.24, 2.45) is 0 Å². The molecule has 0 bridgehead atoms. The molecule has 2 rings (SSSR count). The maximum atomic E-state index is 12.3. The number of hydrogen-bond acceptors (Lipinski definition) is 4. The van der Waals surface area contributed by atoms with Crippen molar-refractivity contribution in [3.8, 4) is 0 Å². The summed E-state index contributed by atoms with van der Waals surface area (Å²) >= 11 is 0. The van der Waals surface area contributed by atoms with E-state index in [1.807, 2.05) is 18.5 Å². The molecular formula is C14H26N4O2S. The van der Waals surface area contributed by atoms with E-state index in [0.717, 1.165) is 31.9 Å². The van der Waals surface area contributed by atoms with Gasteiger partial charge in [0, 0.05) is 38.1 Å². The lowest BCUT2D eigenvalue weighted by Gasteiger charge is -2.14. The summed E-state index contributed by atoms with van der Waals surface area (Å²) in [7, 11) is -1.55. The maximum absolute atomic E-state index is 12.3. The molecule has 0 radical (unpaired) electrons. The SMILES string of the molecule is CCn1cc(S(=O)(=O)NCCN2CCCC2)cc1CNC. The molecule has 7 heteroatoms. The first-order valence-electron chi connectivity index (χ1n) is 7.62. The average molecular weight is 314 g/mol. The Hall–Kier alpha value is -0.890. The Labute approximate surface area is 127 Å². The molecule has 1 fully saturated rings. The van der Waals surface area contributed by atoms with Crippen molar-refractivity contribution in [3.05, 3.63) is 18.0 Å². The van der Waals surface area contributed by atoms with Crippen LogP contribution in [0, 0.1) is 0 Å². The van der Waals surface area contributed by atoms with E-state index in [2.05, 4.69) is 14.9 Å². The van der Waals surface area contributed by atoms with Gasteiger partial charge in [0.05, 0.1) is 4.90 Å². The second-order valence-corrected chi connectivity index (χ2v) is 7.20. The van der Waals surface area contributed by atoms with E-state index in [0.29, 0.717) is 18.0 Å². The second-order valence-electron chi connectivity index (χ2n) is 5.43. The number of likely N-dealkylation sites (tertiary alicyclic amines) is 1. The maximum Gasteiger partial charge on any atom is 0.242 e. The number of rotatable bonds is 8. The topological polar surface area (TPSA) is 66.4 Å². The first-order chi connectivity index (χ1) is 10.1. The largest absolute Gasteiger partial charge is 0.349 e. The molecule has 0 spiro atoms. The van der Waals surface area contributed by atoms with Gasteiger partial charge in [-0.15, -0.1) is 0 Å². The van der Waals surface area contributed by atoms with Crippen LogP contribution in [0.2, 0.25) is 0 Å². The highest BCUT2D eigenvalue weighted by Gasteiger charge is 2.18. The quantitative estimate of drug-likeness (QED) is 0.737. The Bertz CT molecular complexity index is 547. The fourth-order valence-corrected chi connectivity index (χ4v) is 3.81. The third kappa shape index (κ3) is 4.29. The van der Waals surface area contributed by atoms with Gasteiger partial charge in [-0.05, 0) is 46.0 Å². The van der Waals surface area contributed by atoms with Gasteiger partial charge in [-0.1, -0.05) is 0 Å². The van der Waals surface area contributed by atoms with Crippen LogP contribution < -0.4 is 10.0 Å². The van der Waals surface area contributed by atoms with Gasteiger partial charge in [0.15, 0.2) is 0 Å². The first-order valence-corrected chi connectivity index (χ1v) is 9.11. The van der Waals surface area contributed by atoms with Gasteiger partial charge >= 0.3 is 0 Å². The highest BCUT2D eigenvalue weighted by molar-refractivity contribution is 7.89. The van der Waals surface area contributed by atoms with Crippen molar-refractivity contribution < 1.29 is 8.42 Å². The van der Waals surface area contributed by atoms with Gasteiger partial charge in [0.25, 0.3) is 0 Å². The van der Waals surface area contributed by atoms with Gasteiger partial charge in [0.2, 0.25) is 10.0 Å². The molecule has 1 aromatic rings. The predicted molar refractivity (Wildman–Crippen MR) is 83.7 cm³/mol. The van der Waals surface area contributed by atoms with Crippen LogP contribution in [0.25, 0.3) is 0 Å². The highest BCUT2D eigenvalue weighted by Crippen LogP contribution is 2.14. The van der Waals surface area contributed by atoms with Crippen molar-refractivity contribution in [3.63, 3.8) is 0 Å². The van der Waals surface area contributed by atoms with E-state index in [1.54, 1.807) is 12.3 Å². The molecule has 0 aliphatic carbocycles. The number of aryl methyl sites for hydroxylation is 1. The lowest BCUT2D eigenvalue weighted by atomic mass is 10.4. The summed E-state index contributed by atoms with van der Waals surface area (Å²) < 4.78 is 29.3. The zero-order valence-corrected chi connectivity index (χ0v) is 13.7. The zero-order valence-electron chi connectivity index (χ0n) is 12.9. The first kappa shape index (κ1) is 16.5. The van der Waals surface area contributed by atoms with E-state index in [9.17, 15) is 8.42 Å². The van der Waals surface area contributed by atoms with Crippen molar-refractivity contribution >= 4 is 10.0 Å². The van der Waals surface area contributed by atoms with Crippen LogP contribution in [0.5, 0.6) is 0 Å². The van der Waals surface area contributed by atoms with Crippen LogP contribution in [0.15, 0.2) is 17.2 Å². The van der Waals surface area contributed by atoms with Crippen LogP contribution in [0.4, 0.5) is 0 Å². The second kappa shape index (κ2) is 7.40. The molecule has 0 amide bonds. The Balaban J connectivity index is 1.97. The Morgan fingerprint density at radius 1 is 1.29 bits per heavy atom. The minimum absolute atomic E-state index is 0.357. The summed E-state index contributed by atoms with van der Waals surface area (Å²) in [5.74, 6) is 0. The summed E-state index contributed by atoms with van der Waals surface area (Å²) in [5, 5.41) is 3.06. The fourth-order valence-electron chi connectivity index (χ4n) is 2.72. The minimum atomic E-state index is -3.41. The normalized spacial score (nSPS) is 16.7. The van der Waals surface area contributed by atoms with Gasteiger partial charge in [-0.25, -0.2) is 13.1 Å². The fraction of sp³-hybridized carbons (Fsp3) is 0.714. The molecule has 120 valence electrons. The van der Waals surface area contributed by atoms with Gasteiger partial charge in [-0.2, -0.15) is 0 Å². The standard InChI is InChI=1S/C14H26N4O2S/c1-3-18-12-14(10-13(18)11-15-2)21(19,20)16-6-9-17-7-4-5-8-17/h10,12,15-16H,3-9,11H2,1-2H3. The van der Waals surface area contributed by atoms with Crippen molar-refractivity contribution in [1.29, 1.82) is 0 Å². The molecule has 0 aromatic carbocycles. The number of nitrogens with one attached hydrogen (secondary N) is 2. The molecule has 0 saturated carbocycles. The van der Waals surface area contributed by atoms with Gasteiger partial charge < -0.3 is 14.8 Å². The molecule has 0 unspecified atom stereocenters. The smallest absolute Gasteiger partial charge is 0.242 e. The molecule has 0 atom stereocenters. The monoisotopic (exact) mass is 314 g/mol. The molecule has 2 N–H and O–H groups in total. The van der Waals surface area contributed by atoms with E-state index in [-0.39, 0.29) is 0 Å². The Morgan fingerprint density at radius 2 is 2.00 bits per heavy atom. The summed E-state index contributed by atoms with van der Waals surface area (Å²) in [4.78, 5) is 2.66. The third-order valence-corrected chi connectivity index (χ3v) is 5.32. The molecule has 1 aliphatic heterocycles. The van der Waals surface area contributed by atoms with Gasteiger partial charge in [-0.3, -0.25) is 0 Å². The van der Waals surface area contributed by atoms with Crippen molar-refractivity contribution in [2.75, 3.05) is 33.2 Å². The lowest BCUT2D eigenvalue weighted by Crippen LogP contribution is -2.33. The number of nitrogens with zero attached hydrogens (tertiary/aromatic N) is 2. The number of sulfonamides is 1. The molecule has 1 aliphatic rings. The Kier molecular flexibility index (Phi) is 5.80. The van der Waals surface area contributed by atoms with Crippen LogP contribution in [0.3, 0.4) is 0 Å². The molecule has 1 saturated heterocycles. The molecular weight excluding hydrogens is 288 g/mol. The van der Waals surface area contributed by atoms with Crippen molar-refractivity contribution in [2.45, 2.75) is 37.8 Å². The molecule has 2 heterocycles. The number of hydrogen-bond donors (Lipinski definition) is 2. The van der Waals surface area contributed by atoms with E-state index in [1.165, 1.54) is 12.8 Å². The highest BCUT2D eigenvalue weighted by atomic mass is 32.2. The average Bonchev–Trinajstić information content (AvgIpc) is 3.08. The summed E-state index contributed by atoms with van der Waals surface area (Å²) in [6.07, 6.45) is 4.16. The Morgan fingerprint density at radius 3 is 2.62 bits per heavy atom. The van der Waals surface area contributed by atoms with Crippen LogP contribution >= 0.6 is 0 Å². The van der Waals surface area contributed by atoms with E-state index >= 15 is 0 Å². The minimum Gasteiger partial charge on any atom is -0.349 e. The van der Waals surface area contributed by atoms with Crippen LogP contribution in [-0.2, 0) is 23.1 Å². The predicted octanol–water partition coefficient (Wildman–Crippen LogP) is 0.602. The van der Waals surface area contributed by atoms with E-state index < -0.39 is 10.0 Å². The van der Waals surface area contributed by atoms with E-state index in [4.69, 9.17) is 0 Å². The summed E-state index contributed by atoms with van der Waals surface area (Å²) in [5.41, 5.74) is 0.986. The third-order valence-electron chi connectivity index (χ3n) is 3.89. The van der Waals surface area contributed by atoms with Crippen LogP contribution in [-0.4, -0.2) is 51.1 Å². The molecule has 1 aromatic heterocycles. The molecule has 6 nitrogen and oxygen atoms in total. The zero-order chi connectivity index (χ0) is 15.3. The molecule has 21 heavy (non-hydrogen) atoms. The van der Waals surface area contributed by atoms with Gasteiger partial charge in [0.1, 0.15) is 0 Å². The summed E-state index contributed by atoms with van der Waals surface area (Å²) in [6.45, 7) is 6.87. The lowest BCUT2D eigenvalue weighted by molar-refractivity contribution is 0.344. The number of aromatic nitrogens is 1.